The number of amides is 2. The Balaban J connectivity index is 1.66. The molecule has 0 aromatic heterocycles. The van der Waals surface area contributed by atoms with Crippen molar-refractivity contribution in [3.05, 3.63) is 18.2 Å². The average Bonchev–Trinajstić information content (AvgIpc) is 2.76. The predicted molar refractivity (Wildman–Crippen MR) is 108 cm³/mol. The zero-order chi connectivity index (χ0) is 19.4. The minimum atomic E-state index is -0.571. The number of hydrogen-bond donors (Lipinski definition) is 1. The summed E-state index contributed by atoms with van der Waals surface area (Å²) in [5.41, 5.74) is 0.928. The van der Waals surface area contributed by atoms with Crippen molar-refractivity contribution < 1.29 is 14.3 Å². The number of nitrogens with zero attached hydrogens (tertiary/aromatic N) is 1. The van der Waals surface area contributed by atoms with Gasteiger partial charge in [0.1, 0.15) is 12.4 Å². The molecule has 0 bridgehead atoms. The van der Waals surface area contributed by atoms with Crippen LogP contribution in [0.3, 0.4) is 0 Å². The van der Waals surface area contributed by atoms with Gasteiger partial charge in [-0.15, -0.1) is 0 Å². The fourth-order valence-electron chi connectivity index (χ4n) is 4.07. The lowest BCUT2D eigenvalue weighted by Gasteiger charge is -2.26. The van der Waals surface area contributed by atoms with Gasteiger partial charge in [-0.3, -0.25) is 9.59 Å². The summed E-state index contributed by atoms with van der Waals surface area (Å²) < 4.78 is 5.93. The van der Waals surface area contributed by atoms with E-state index in [1.165, 1.54) is 32.1 Å². The molecule has 27 heavy (non-hydrogen) atoms. The van der Waals surface area contributed by atoms with Crippen molar-refractivity contribution >= 4 is 23.2 Å². The number of carbonyl (C=O) groups is 2. The van der Waals surface area contributed by atoms with Crippen LogP contribution in [0.5, 0.6) is 5.75 Å². The summed E-state index contributed by atoms with van der Waals surface area (Å²) in [6.45, 7) is 6.68. The first kappa shape index (κ1) is 19.7. The van der Waals surface area contributed by atoms with Crippen molar-refractivity contribution in [3.63, 3.8) is 0 Å². The van der Waals surface area contributed by atoms with Gasteiger partial charge in [0.2, 0.25) is 11.8 Å². The van der Waals surface area contributed by atoms with Gasteiger partial charge < -0.3 is 15.0 Å². The number of carbonyl (C=O) groups excluding carboxylic acids is 2. The van der Waals surface area contributed by atoms with Crippen LogP contribution in [-0.2, 0) is 9.59 Å². The van der Waals surface area contributed by atoms with Gasteiger partial charge in [-0.1, -0.05) is 32.1 Å². The summed E-state index contributed by atoms with van der Waals surface area (Å²) >= 11 is 0. The van der Waals surface area contributed by atoms with E-state index in [0.717, 1.165) is 17.8 Å². The van der Waals surface area contributed by atoms with E-state index in [9.17, 15) is 9.59 Å². The van der Waals surface area contributed by atoms with Crippen LogP contribution in [0.25, 0.3) is 0 Å². The van der Waals surface area contributed by atoms with Crippen LogP contribution in [-0.4, -0.2) is 25.0 Å². The van der Waals surface area contributed by atoms with E-state index < -0.39 is 5.41 Å². The summed E-state index contributed by atoms with van der Waals surface area (Å²) in [5.74, 6) is 1.47. The minimum absolute atomic E-state index is 0.0536. The van der Waals surface area contributed by atoms with Crippen LogP contribution in [0.4, 0.5) is 11.4 Å². The Bertz CT molecular complexity index is 693. The Morgan fingerprint density at radius 3 is 2.70 bits per heavy atom. The summed E-state index contributed by atoms with van der Waals surface area (Å²) in [6.07, 6.45) is 8.00. The van der Waals surface area contributed by atoms with E-state index in [4.69, 9.17) is 4.74 Å². The smallest absolute Gasteiger partial charge is 0.236 e. The SMILES string of the molecule is CCN1C(=O)C(C)(C)COc2cc(NC(=O)CCC3CCCCC3)ccc21. The molecule has 148 valence electrons. The van der Waals surface area contributed by atoms with Crippen LogP contribution < -0.4 is 15.0 Å². The van der Waals surface area contributed by atoms with E-state index in [-0.39, 0.29) is 11.8 Å². The largest absolute Gasteiger partial charge is 0.490 e. The number of nitrogens with one attached hydrogen (secondary N) is 1. The number of benzene rings is 1. The van der Waals surface area contributed by atoms with E-state index in [1.54, 1.807) is 4.90 Å². The molecule has 1 aliphatic carbocycles. The quantitative estimate of drug-likeness (QED) is 0.811. The van der Waals surface area contributed by atoms with Gasteiger partial charge in [0, 0.05) is 24.7 Å². The summed E-state index contributed by atoms with van der Waals surface area (Å²) in [4.78, 5) is 26.8. The Morgan fingerprint density at radius 2 is 2.00 bits per heavy atom. The maximum Gasteiger partial charge on any atom is 0.236 e. The van der Waals surface area contributed by atoms with E-state index in [1.807, 2.05) is 39.0 Å². The first-order valence-corrected chi connectivity index (χ1v) is 10.3. The van der Waals surface area contributed by atoms with Gasteiger partial charge in [-0.2, -0.15) is 0 Å². The topological polar surface area (TPSA) is 58.6 Å². The standard InChI is InChI=1S/C22H32N2O3/c1-4-24-18-12-11-17(14-19(18)27-15-22(2,3)21(24)26)23-20(25)13-10-16-8-6-5-7-9-16/h11-12,14,16H,4-10,13,15H2,1-3H3,(H,23,25). The molecule has 1 heterocycles. The molecule has 5 heteroatoms. The third-order valence-corrected chi connectivity index (χ3v) is 5.77. The molecule has 2 aliphatic rings. The summed E-state index contributed by atoms with van der Waals surface area (Å²) in [5, 5.41) is 2.99. The van der Waals surface area contributed by atoms with Gasteiger partial charge in [0.15, 0.2) is 0 Å². The molecular weight excluding hydrogens is 340 g/mol. The van der Waals surface area contributed by atoms with Gasteiger partial charge in [0.25, 0.3) is 0 Å². The lowest BCUT2D eigenvalue weighted by Crippen LogP contribution is -2.42. The molecule has 1 fully saturated rings. The first-order chi connectivity index (χ1) is 12.9. The maximum atomic E-state index is 12.7. The summed E-state index contributed by atoms with van der Waals surface area (Å²) in [6, 6.07) is 5.56. The molecule has 0 spiro atoms. The molecule has 5 nitrogen and oxygen atoms in total. The normalized spacial score (nSPS) is 19.8. The minimum Gasteiger partial charge on any atom is -0.490 e. The average molecular weight is 373 g/mol. The number of rotatable bonds is 5. The molecular formula is C22H32N2O3. The lowest BCUT2D eigenvalue weighted by molar-refractivity contribution is -0.127. The Hall–Kier alpha value is -2.04. The van der Waals surface area contributed by atoms with Crippen LogP contribution >= 0.6 is 0 Å². The molecule has 1 saturated carbocycles. The molecule has 0 saturated heterocycles. The van der Waals surface area contributed by atoms with Gasteiger partial charge >= 0.3 is 0 Å². The Morgan fingerprint density at radius 1 is 1.26 bits per heavy atom. The molecule has 1 N–H and O–H groups in total. The van der Waals surface area contributed by atoms with Crippen molar-refractivity contribution in [1.82, 2.24) is 0 Å². The van der Waals surface area contributed by atoms with Gasteiger partial charge in [-0.25, -0.2) is 0 Å². The van der Waals surface area contributed by atoms with Gasteiger partial charge in [-0.05, 0) is 45.2 Å². The number of hydrogen-bond acceptors (Lipinski definition) is 3. The van der Waals surface area contributed by atoms with Crippen LogP contribution in [0.15, 0.2) is 18.2 Å². The van der Waals surface area contributed by atoms with E-state index >= 15 is 0 Å². The van der Waals surface area contributed by atoms with Crippen molar-refractivity contribution in [2.45, 2.75) is 65.7 Å². The molecule has 3 rings (SSSR count). The monoisotopic (exact) mass is 372 g/mol. The van der Waals surface area contributed by atoms with E-state index in [2.05, 4.69) is 5.32 Å². The zero-order valence-electron chi connectivity index (χ0n) is 16.8. The highest BCUT2D eigenvalue weighted by molar-refractivity contribution is 6.00. The molecule has 1 aromatic carbocycles. The van der Waals surface area contributed by atoms with Crippen molar-refractivity contribution in [1.29, 1.82) is 0 Å². The lowest BCUT2D eigenvalue weighted by atomic mass is 9.86. The van der Waals surface area contributed by atoms with Crippen LogP contribution in [0, 0.1) is 11.3 Å². The van der Waals surface area contributed by atoms with Crippen molar-refractivity contribution in [3.8, 4) is 5.75 Å². The molecule has 1 aliphatic heterocycles. The van der Waals surface area contributed by atoms with Gasteiger partial charge in [0.05, 0.1) is 11.1 Å². The number of ether oxygens (including phenoxy) is 1. The maximum absolute atomic E-state index is 12.7. The van der Waals surface area contributed by atoms with E-state index in [0.29, 0.717) is 31.2 Å². The van der Waals surface area contributed by atoms with Crippen LogP contribution in [0.1, 0.15) is 65.7 Å². The molecule has 1 aromatic rings. The number of anilines is 2. The highest BCUT2D eigenvalue weighted by Crippen LogP contribution is 2.38. The van der Waals surface area contributed by atoms with Crippen LogP contribution in [0.2, 0.25) is 0 Å². The highest BCUT2D eigenvalue weighted by atomic mass is 16.5. The summed E-state index contributed by atoms with van der Waals surface area (Å²) in [7, 11) is 0. The molecule has 0 atom stereocenters. The van der Waals surface area contributed by atoms with Crippen molar-refractivity contribution in [2.24, 2.45) is 11.3 Å². The molecule has 0 radical (unpaired) electrons. The third-order valence-electron chi connectivity index (χ3n) is 5.77. The number of fused-ring (bicyclic) bond motifs is 1. The molecule has 0 unspecified atom stereocenters. The third kappa shape index (κ3) is 4.63. The zero-order valence-corrected chi connectivity index (χ0v) is 16.8. The highest BCUT2D eigenvalue weighted by Gasteiger charge is 2.37. The second-order valence-electron chi connectivity index (χ2n) is 8.50. The second kappa shape index (κ2) is 8.32. The molecule has 2 amide bonds. The first-order valence-electron chi connectivity index (χ1n) is 10.3. The fraction of sp³-hybridized carbons (Fsp3) is 0.636. The predicted octanol–water partition coefficient (Wildman–Crippen LogP) is 4.76. The second-order valence-corrected chi connectivity index (χ2v) is 8.50. The Labute approximate surface area is 162 Å². The Kier molecular flexibility index (Phi) is 6.08. The fourth-order valence-corrected chi connectivity index (χ4v) is 4.07. The van der Waals surface area contributed by atoms with Crippen molar-refractivity contribution in [2.75, 3.05) is 23.4 Å².